The van der Waals surface area contributed by atoms with Gasteiger partial charge in [-0.3, -0.25) is 10.0 Å². The molecule has 3 nitrogen and oxygen atoms in total. The summed E-state index contributed by atoms with van der Waals surface area (Å²) in [7, 11) is 0. The average molecular weight is 296 g/mol. The number of amides is 1. The van der Waals surface area contributed by atoms with E-state index >= 15 is 0 Å². The normalized spacial score (nSPS) is 10.3. The molecular formula is C14H11Cl2NO2. The van der Waals surface area contributed by atoms with Gasteiger partial charge in [0, 0.05) is 5.02 Å². The molecule has 0 bridgehead atoms. The number of anilines is 1. The molecule has 0 aliphatic carbocycles. The maximum absolute atomic E-state index is 12.1. The first kappa shape index (κ1) is 13.9. The fraction of sp³-hybridized carbons (Fsp3) is 0.0714. The molecule has 0 saturated heterocycles. The molecule has 2 rings (SSSR count). The van der Waals surface area contributed by atoms with Gasteiger partial charge in [0.05, 0.1) is 16.3 Å². The molecule has 5 heteroatoms. The van der Waals surface area contributed by atoms with E-state index in [0.717, 1.165) is 5.56 Å². The number of hydroxylamine groups is 1. The van der Waals surface area contributed by atoms with E-state index in [0.29, 0.717) is 15.8 Å². The summed E-state index contributed by atoms with van der Waals surface area (Å²) in [5, 5.41) is 11.2. The molecule has 0 heterocycles. The standard InChI is InChI=1S/C14H11Cl2NO2/c1-9-3-2-4-11(7-9)17(19)14(18)12-6-5-10(15)8-13(12)16/h2-8,19H,1H3. The van der Waals surface area contributed by atoms with Gasteiger partial charge in [-0.2, -0.15) is 5.06 Å². The van der Waals surface area contributed by atoms with E-state index in [9.17, 15) is 10.0 Å². The van der Waals surface area contributed by atoms with E-state index in [2.05, 4.69) is 0 Å². The summed E-state index contributed by atoms with van der Waals surface area (Å²) in [4.78, 5) is 12.1. The number of aryl methyl sites for hydroxylation is 1. The monoisotopic (exact) mass is 295 g/mol. The fourth-order valence-electron chi connectivity index (χ4n) is 1.65. The van der Waals surface area contributed by atoms with Gasteiger partial charge in [0.25, 0.3) is 5.91 Å². The van der Waals surface area contributed by atoms with Crippen molar-refractivity contribution in [3.8, 4) is 0 Å². The number of carbonyl (C=O) groups is 1. The van der Waals surface area contributed by atoms with Crippen LogP contribution in [0.25, 0.3) is 0 Å². The van der Waals surface area contributed by atoms with Crippen molar-refractivity contribution in [2.24, 2.45) is 0 Å². The molecule has 19 heavy (non-hydrogen) atoms. The maximum Gasteiger partial charge on any atom is 0.283 e. The largest absolute Gasteiger partial charge is 0.283 e. The van der Waals surface area contributed by atoms with Crippen LogP contribution in [0.2, 0.25) is 10.0 Å². The quantitative estimate of drug-likeness (QED) is 0.661. The molecule has 0 unspecified atom stereocenters. The Morgan fingerprint density at radius 2 is 1.89 bits per heavy atom. The molecule has 0 aliphatic rings. The Morgan fingerprint density at radius 1 is 1.16 bits per heavy atom. The second-order valence-corrected chi connectivity index (χ2v) is 4.92. The van der Waals surface area contributed by atoms with Gasteiger partial charge in [0.2, 0.25) is 0 Å². The van der Waals surface area contributed by atoms with Crippen LogP contribution in [0.5, 0.6) is 0 Å². The van der Waals surface area contributed by atoms with Crippen molar-refractivity contribution in [3.63, 3.8) is 0 Å². The van der Waals surface area contributed by atoms with Gasteiger partial charge < -0.3 is 0 Å². The molecule has 0 saturated carbocycles. The van der Waals surface area contributed by atoms with Crippen LogP contribution in [-0.2, 0) is 0 Å². The summed E-state index contributed by atoms with van der Waals surface area (Å²) in [6, 6.07) is 11.4. The molecule has 98 valence electrons. The Labute approximate surface area is 120 Å². The number of hydrogen-bond donors (Lipinski definition) is 1. The number of rotatable bonds is 2. The van der Waals surface area contributed by atoms with Crippen molar-refractivity contribution in [1.82, 2.24) is 0 Å². The van der Waals surface area contributed by atoms with Crippen molar-refractivity contribution < 1.29 is 10.0 Å². The molecule has 0 radical (unpaired) electrons. The highest BCUT2D eigenvalue weighted by atomic mass is 35.5. The van der Waals surface area contributed by atoms with Crippen LogP contribution >= 0.6 is 23.2 Å². The van der Waals surface area contributed by atoms with Crippen molar-refractivity contribution >= 4 is 34.8 Å². The highest BCUT2D eigenvalue weighted by molar-refractivity contribution is 6.37. The van der Waals surface area contributed by atoms with Gasteiger partial charge >= 0.3 is 0 Å². The predicted molar refractivity (Wildman–Crippen MR) is 76.2 cm³/mol. The smallest absolute Gasteiger partial charge is 0.281 e. The Bertz CT molecular complexity index is 629. The van der Waals surface area contributed by atoms with Gasteiger partial charge in [-0.05, 0) is 42.8 Å². The predicted octanol–water partition coefficient (Wildman–Crippen LogP) is 4.34. The minimum atomic E-state index is -0.604. The van der Waals surface area contributed by atoms with Crippen molar-refractivity contribution in [2.75, 3.05) is 5.06 Å². The second kappa shape index (κ2) is 5.61. The first-order valence-corrected chi connectivity index (χ1v) is 6.29. The minimum absolute atomic E-state index is 0.190. The number of carbonyl (C=O) groups excluding carboxylic acids is 1. The fourth-order valence-corrected chi connectivity index (χ4v) is 2.14. The molecule has 1 N–H and O–H groups in total. The summed E-state index contributed by atoms with van der Waals surface area (Å²) < 4.78 is 0. The lowest BCUT2D eigenvalue weighted by Gasteiger charge is -2.16. The lowest BCUT2D eigenvalue weighted by molar-refractivity contribution is 0.0855. The zero-order valence-electron chi connectivity index (χ0n) is 10.1. The first-order valence-electron chi connectivity index (χ1n) is 5.54. The highest BCUT2D eigenvalue weighted by Crippen LogP contribution is 2.24. The van der Waals surface area contributed by atoms with Crippen LogP contribution in [0.15, 0.2) is 42.5 Å². The van der Waals surface area contributed by atoms with E-state index in [1.165, 1.54) is 12.1 Å². The number of nitrogens with zero attached hydrogens (tertiary/aromatic N) is 1. The summed E-state index contributed by atoms with van der Waals surface area (Å²) in [6.07, 6.45) is 0. The van der Waals surface area contributed by atoms with Crippen LogP contribution in [0.3, 0.4) is 0 Å². The topological polar surface area (TPSA) is 40.5 Å². The summed E-state index contributed by atoms with van der Waals surface area (Å²) >= 11 is 11.7. The van der Waals surface area contributed by atoms with Gasteiger partial charge in [-0.25, -0.2) is 0 Å². The van der Waals surface area contributed by atoms with Crippen LogP contribution < -0.4 is 5.06 Å². The van der Waals surface area contributed by atoms with Gasteiger partial charge in [-0.1, -0.05) is 35.3 Å². The lowest BCUT2D eigenvalue weighted by Crippen LogP contribution is -2.27. The molecule has 2 aromatic rings. The Hall–Kier alpha value is -1.55. The number of hydrogen-bond acceptors (Lipinski definition) is 2. The Kier molecular flexibility index (Phi) is 4.10. The van der Waals surface area contributed by atoms with Crippen LogP contribution in [0.4, 0.5) is 5.69 Å². The summed E-state index contributed by atoms with van der Waals surface area (Å²) in [5.41, 5.74) is 1.51. The van der Waals surface area contributed by atoms with Crippen LogP contribution in [0.1, 0.15) is 15.9 Å². The van der Waals surface area contributed by atoms with E-state index in [-0.39, 0.29) is 10.6 Å². The number of benzene rings is 2. The molecule has 1 amide bonds. The summed E-state index contributed by atoms with van der Waals surface area (Å²) in [6.45, 7) is 1.87. The highest BCUT2D eigenvalue weighted by Gasteiger charge is 2.18. The summed E-state index contributed by atoms with van der Waals surface area (Å²) in [5.74, 6) is -0.604. The lowest BCUT2D eigenvalue weighted by atomic mass is 10.2. The molecule has 0 aromatic heterocycles. The van der Waals surface area contributed by atoms with E-state index in [4.69, 9.17) is 23.2 Å². The Balaban J connectivity index is 2.33. The average Bonchev–Trinajstić information content (AvgIpc) is 2.37. The molecule has 2 aromatic carbocycles. The zero-order chi connectivity index (χ0) is 14.0. The second-order valence-electron chi connectivity index (χ2n) is 4.08. The van der Waals surface area contributed by atoms with E-state index in [1.54, 1.807) is 24.3 Å². The molecular weight excluding hydrogens is 285 g/mol. The molecule has 0 spiro atoms. The molecule has 0 fully saturated rings. The first-order chi connectivity index (χ1) is 8.99. The minimum Gasteiger partial charge on any atom is -0.281 e. The van der Waals surface area contributed by atoms with Crippen molar-refractivity contribution in [3.05, 3.63) is 63.6 Å². The number of halogens is 2. The van der Waals surface area contributed by atoms with Crippen LogP contribution in [-0.4, -0.2) is 11.1 Å². The van der Waals surface area contributed by atoms with Crippen molar-refractivity contribution in [2.45, 2.75) is 6.92 Å². The van der Waals surface area contributed by atoms with Gasteiger partial charge in [0.1, 0.15) is 0 Å². The van der Waals surface area contributed by atoms with Crippen LogP contribution in [0, 0.1) is 6.92 Å². The van der Waals surface area contributed by atoms with Gasteiger partial charge in [-0.15, -0.1) is 0 Å². The van der Waals surface area contributed by atoms with E-state index < -0.39 is 5.91 Å². The third-order valence-electron chi connectivity index (χ3n) is 2.60. The van der Waals surface area contributed by atoms with Gasteiger partial charge in [0.15, 0.2) is 0 Å². The zero-order valence-corrected chi connectivity index (χ0v) is 11.6. The SMILES string of the molecule is Cc1cccc(N(O)C(=O)c2ccc(Cl)cc2Cl)c1. The Morgan fingerprint density at radius 3 is 2.53 bits per heavy atom. The third-order valence-corrected chi connectivity index (χ3v) is 3.15. The molecule has 0 atom stereocenters. The van der Waals surface area contributed by atoms with Crippen molar-refractivity contribution in [1.29, 1.82) is 0 Å². The molecule has 0 aliphatic heterocycles. The van der Waals surface area contributed by atoms with E-state index in [1.807, 2.05) is 13.0 Å². The maximum atomic E-state index is 12.1. The third kappa shape index (κ3) is 3.07.